The molecule has 0 aromatic heterocycles. The van der Waals surface area contributed by atoms with Gasteiger partial charge in [-0.3, -0.25) is 14.5 Å². The fourth-order valence-corrected chi connectivity index (χ4v) is 4.20. The summed E-state index contributed by atoms with van der Waals surface area (Å²) in [7, 11) is -0.808. The highest BCUT2D eigenvalue weighted by atomic mass is 32.2. The van der Waals surface area contributed by atoms with Gasteiger partial charge in [0.25, 0.3) is 5.91 Å². The van der Waals surface area contributed by atoms with Gasteiger partial charge in [0, 0.05) is 19.7 Å². The Kier molecular flexibility index (Phi) is 4.79. The highest BCUT2D eigenvalue weighted by molar-refractivity contribution is 7.89. The highest BCUT2D eigenvalue weighted by Crippen LogP contribution is 2.31. The lowest BCUT2D eigenvalue weighted by molar-refractivity contribution is -0.115. The van der Waals surface area contributed by atoms with Crippen molar-refractivity contribution in [1.82, 2.24) is 4.31 Å². The molecule has 0 spiro atoms. The molecule has 2 aromatic rings. The van der Waals surface area contributed by atoms with Crippen molar-refractivity contribution in [3.63, 3.8) is 0 Å². The van der Waals surface area contributed by atoms with E-state index in [1.54, 1.807) is 44.2 Å². The number of carbonyl (C=O) groups is 2. The van der Waals surface area contributed by atoms with E-state index in [1.165, 1.54) is 25.1 Å². The molecule has 0 saturated carbocycles. The summed E-state index contributed by atoms with van der Waals surface area (Å²) >= 11 is 0. The van der Waals surface area contributed by atoms with Gasteiger partial charge < -0.3 is 5.32 Å². The van der Waals surface area contributed by atoms with Crippen LogP contribution >= 0.6 is 0 Å². The number of aryl methyl sites for hydroxylation is 1. The fraction of sp³-hybridized carbons (Fsp3) is 0.263. The van der Waals surface area contributed by atoms with Crippen LogP contribution in [0, 0.1) is 13.8 Å². The van der Waals surface area contributed by atoms with Gasteiger partial charge in [-0.05, 0) is 49.2 Å². The first-order valence-corrected chi connectivity index (χ1v) is 9.81. The third-order valence-corrected chi connectivity index (χ3v) is 6.58. The molecule has 2 aromatic carbocycles. The van der Waals surface area contributed by atoms with E-state index in [1.807, 2.05) is 0 Å². The summed E-state index contributed by atoms with van der Waals surface area (Å²) in [6.07, 6.45) is 0. The number of carbonyl (C=O) groups excluding carboxylic acids is 2. The molecule has 27 heavy (non-hydrogen) atoms. The largest absolute Gasteiger partial charge is 0.323 e. The maximum absolute atomic E-state index is 13.2. The predicted octanol–water partition coefficient (Wildman–Crippen LogP) is 2.15. The van der Waals surface area contributed by atoms with Gasteiger partial charge in [0.05, 0.1) is 16.3 Å². The Balaban J connectivity index is 2.12. The Bertz CT molecular complexity index is 1040. The van der Waals surface area contributed by atoms with Crippen molar-refractivity contribution in [2.45, 2.75) is 18.7 Å². The van der Waals surface area contributed by atoms with E-state index in [0.717, 1.165) is 4.31 Å². The number of para-hydroxylation sites is 2. The normalized spacial score (nSPS) is 14.1. The van der Waals surface area contributed by atoms with Gasteiger partial charge in [0.15, 0.2) is 0 Å². The Morgan fingerprint density at radius 2 is 1.81 bits per heavy atom. The number of amides is 2. The summed E-state index contributed by atoms with van der Waals surface area (Å²) < 4.78 is 26.4. The van der Waals surface area contributed by atoms with Crippen molar-refractivity contribution in [3.05, 3.63) is 53.1 Å². The quantitative estimate of drug-likeness (QED) is 0.874. The fourth-order valence-electron chi connectivity index (χ4n) is 2.99. The molecule has 7 nitrogen and oxygen atoms in total. The van der Waals surface area contributed by atoms with E-state index in [4.69, 9.17) is 0 Å². The number of hydrogen-bond donors (Lipinski definition) is 1. The molecular weight excluding hydrogens is 366 g/mol. The van der Waals surface area contributed by atoms with Crippen molar-refractivity contribution < 1.29 is 18.0 Å². The molecule has 8 heteroatoms. The SMILES string of the molecule is Cc1cc(C(=O)N2CC(=O)Nc3ccccc32)cc(S(=O)(=O)N(C)C)c1C. The molecule has 0 fully saturated rings. The van der Waals surface area contributed by atoms with Crippen molar-refractivity contribution in [2.75, 3.05) is 30.9 Å². The van der Waals surface area contributed by atoms with E-state index in [9.17, 15) is 18.0 Å². The number of hydrogen-bond acceptors (Lipinski definition) is 4. The summed E-state index contributed by atoms with van der Waals surface area (Å²) in [5.41, 5.74) is 2.64. The molecule has 1 aliphatic rings. The van der Waals surface area contributed by atoms with Crippen LogP contribution in [0.15, 0.2) is 41.3 Å². The van der Waals surface area contributed by atoms with Gasteiger partial charge >= 0.3 is 0 Å². The van der Waals surface area contributed by atoms with Crippen LogP contribution in [0.4, 0.5) is 11.4 Å². The second-order valence-electron chi connectivity index (χ2n) is 6.66. The highest BCUT2D eigenvalue weighted by Gasteiger charge is 2.29. The van der Waals surface area contributed by atoms with Gasteiger partial charge in [0.2, 0.25) is 15.9 Å². The molecule has 0 radical (unpaired) electrons. The number of nitrogens with one attached hydrogen (secondary N) is 1. The van der Waals surface area contributed by atoms with Crippen LogP contribution in [-0.4, -0.2) is 45.2 Å². The van der Waals surface area contributed by atoms with E-state index in [-0.39, 0.29) is 22.9 Å². The number of benzene rings is 2. The zero-order valence-corrected chi connectivity index (χ0v) is 16.4. The number of sulfonamides is 1. The topological polar surface area (TPSA) is 86.8 Å². The monoisotopic (exact) mass is 387 g/mol. The van der Waals surface area contributed by atoms with E-state index in [0.29, 0.717) is 22.5 Å². The van der Waals surface area contributed by atoms with Gasteiger partial charge in [-0.25, -0.2) is 12.7 Å². The standard InChI is InChI=1S/C19H21N3O4S/c1-12-9-14(10-17(13(12)2)27(25,26)21(3)4)19(24)22-11-18(23)20-15-7-5-6-8-16(15)22/h5-10H,11H2,1-4H3,(H,20,23). The smallest absolute Gasteiger partial charge is 0.258 e. The number of fused-ring (bicyclic) bond motifs is 1. The Hall–Kier alpha value is -2.71. The molecule has 0 atom stereocenters. The average Bonchev–Trinajstić information content (AvgIpc) is 2.62. The predicted molar refractivity (Wildman–Crippen MR) is 104 cm³/mol. The first-order chi connectivity index (χ1) is 12.6. The van der Waals surface area contributed by atoms with Gasteiger partial charge in [-0.2, -0.15) is 0 Å². The minimum atomic E-state index is -3.70. The van der Waals surface area contributed by atoms with E-state index in [2.05, 4.69) is 5.32 Å². The number of nitrogens with zero attached hydrogens (tertiary/aromatic N) is 2. The molecule has 1 heterocycles. The molecule has 0 aliphatic carbocycles. The Morgan fingerprint density at radius 1 is 1.15 bits per heavy atom. The van der Waals surface area contributed by atoms with Gasteiger partial charge in [-0.15, -0.1) is 0 Å². The third-order valence-electron chi connectivity index (χ3n) is 4.64. The molecule has 0 unspecified atom stereocenters. The second kappa shape index (κ2) is 6.79. The summed E-state index contributed by atoms with van der Waals surface area (Å²) in [6, 6.07) is 10.0. The molecule has 0 saturated heterocycles. The average molecular weight is 387 g/mol. The van der Waals surface area contributed by atoms with E-state index >= 15 is 0 Å². The maximum Gasteiger partial charge on any atom is 0.258 e. The van der Waals surface area contributed by atoms with Crippen LogP contribution in [0.25, 0.3) is 0 Å². The second-order valence-corrected chi connectivity index (χ2v) is 8.78. The molecule has 1 aliphatic heterocycles. The van der Waals surface area contributed by atoms with Crippen molar-refractivity contribution >= 4 is 33.2 Å². The van der Waals surface area contributed by atoms with Crippen LogP contribution in [0.3, 0.4) is 0 Å². The molecule has 0 bridgehead atoms. The van der Waals surface area contributed by atoms with Crippen LogP contribution in [-0.2, 0) is 14.8 Å². The Morgan fingerprint density at radius 3 is 2.48 bits per heavy atom. The molecule has 1 N–H and O–H groups in total. The minimum absolute atomic E-state index is 0.0885. The third kappa shape index (κ3) is 3.33. The van der Waals surface area contributed by atoms with Gasteiger partial charge in [-0.1, -0.05) is 12.1 Å². The zero-order valence-electron chi connectivity index (χ0n) is 15.6. The zero-order chi connectivity index (χ0) is 19.9. The van der Waals surface area contributed by atoms with Gasteiger partial charge in [0.1, 0.15) is 6.54 Å². The lowest BCUT2D eigenvalue weighted by Gasteiger charge is -2.29. The molecular formula is C19H21N3O4S. The molecule has 2 amide bonds. The van der Waals surface area contributed by atoms with Crippen LogP contribution < -0.4 is 10.2 Å². The van der Waals surface area contributed by atoms with Crippen molar-refractivity contribution in [2.24, 2.45) is 0 Å². The lowest BCUT2D eigenvalue weighted by Crippen LogP contribution is -2.42. The summed E-state index contributed by atoms with van der Waals surface area (Å²) in [4.78, 5) is 26.6. The summed E-state index contributed by atoms with van der Waals surface area (Å²) in [5, 5.41) is 2.73. The van der Waals surface area contributed by atoms with Crippen molar-refractivity contribution in [1.29, 1.82) is 0 Å². The van der Waals surface area contributed by atoms with E-state index < -0.39 is 15.9 Å². The number of anilines is 2. The summed E-state index contributed by atoms with van der Waals surface area (Å²) in [6.45, 7) is 3.35. The maximum atomic E-state index is 13.2. The first kappa shape index (κ1) is 19.1. The van der Waals surface area contributed by atoms with Crippen molar-refractivity contribution in [3.8, 4) is 0 Å². The molecule has 3 rings (SSSR count). The Labute approximate surface area is 158 Å². The summed E-state index contributed by atoms with van der Waals surface area (Å²) in [5.74, 6) is -0.720. The van der Waals surface area contributed by atoms with Crippen LogP contribution in [0.1, 0.15) is 21.5 Å². The van der Waals surface area contributed by atoms with Crippen LogP contribution in [0.2, 0.25) is 0 Å². The first-order valence-electron chi connectivity index (χ1n) is 8.37. The minimum Gasteiger partial charge on any atom is -0.323 e. The lowest BCUT2D eigenvalue weighted by atomic mass is 10.0. The van der Waals surface area contributed by atoms with Crippen LogP contribution in [0.5, 0.6) is 0 Å². The number of rotatable bonds is 3. The molecule has 142 valence electrons.